The van der Waals surface area contributed by atoms with Gasteiger partial charge in [-0.1, -0.05) is 41.6 Å². The number of halogens is 2. The first-order chi connectivity index (χ1) is 10.6. The van der Waals surface area contributed by atoms with Crippen molar-refractivity contribution >= 4 is 51.4 Å². The van der Waals surface area contributed by atoms with Gasteiger partial charge in [-0.05, 0) is 24.6 Å². The molecule has 0 fully saturated rings. The summed E-state index contributed by atoms with van der Waals surface area (Å²) in [7, 11) is 0. The van der Waals surface area contributed by atoms with E-state index in [0.717, 1.165) is 24.2 Å². The molecule has 0 saturated carbocycles. The van der Waals surface area contributed by atoms with Gasteiger partial charge in [0.25, 0.3) is 0 Å². The van der Waals surface area contributed by atoms with E-state index >= 15 is 0 Å². The van der Waals surface area contributed by atoms with Gasteiger partial charge in [-0.3, -0.25) is 4.79 Å². The molecule has 1 aromatic carbocycles. The van der Waals surface area contributed by atoms with E-state index in [1.807, 2.05) is 0 Å². The number of aromatic nitrogens is 2. The molecule has 0 bridgehead atoms. The molecule has 0 saturated heterocycles. The molecular weight excluding hydrogens is 347 g/mol. The predicted octanol–water partition coefficient (Wildman–Crippen LogP) is 3.88. The number of thioether (sulfide) groups is 1. The lowest BCUT2D eigenvalue weighted by Gasteiger charge is -2.06. The quantitative estimate of drug-likeness (QED) is 0.733. The Morgan fingerprint density at radius 3 is 3.00 bits per heavy atom. The van der Waals surface area contributed by atoms with Gasteiger partial charge in [0.1, 0.15) is 5.82 Å². The predicted molar refractivity (Wildman–Crippen MR) is 89.5 cm³/mol. The second-order valence-corrected chi connectivity index (χ2v) is 6.87. The lowest BCUT2D eigenvalue weighted by atomic mass is 10.3. The Kier molecular flexibility index (Phi) is 6.41. The van der Waals surface area contributed by atoms with Crippen LogP contribution in [0, 0.1) is 5.82 Å². The van der Waals surface area contributed by atoms with E-state index in [-0.39, 0.29) is 16.7 Å². The zero-order valence-corrected chi connectivity index (χ0v) is 14.1. The summed E-state index contributed by atoms with van der Waals surface area (Å²) >= 11 is 8.54. The highest BCUT2D eigenvalue weighted by Crippen LogP contribution is 2.26. The number of amides is 1. The molecule has 1 heterocycles. The van der Waals surface area contributed by atoms with Gasteiger partial charge in [-0.15, -0.1) is 10.2 Å². The smallest absolute Gasteiger partial charge is 0.234 e. The monoisotopic (exact) mass is 360 g/mol. The van der Waals surface area contributed by atoms with Gasteiger partial charge in [-0.2, -0.15) is 0 Å². The molecule has 0 aliphatic carbocycles. The van der Waals surface area contributed by atoms with Crippen molar-refractivity contribution in [1.82, 2.24) is 10.2 Å². The summed E-state index contributed by atoms with van der Waals surface area (Å²) in [5, 5.41) is 14.6. The largest absolute Gasteiger partial charge is 0.360 e. The fourth-order valence-electron chi connectivity index (χ4n) is 1.48. The fraction of sp³-hybridized carbons (Fsp3) is 0.308. The summed E-state index contributed by atoms with van der Waals surface area (Å²) in [6.07, 6.45) is 1.00. The van der Waals surface area contributed by atoms with Gasteiger partial charge in [0.2, 0.25) is 11.0 Å². The van der Waals surface area contributed by atoms with Crippen molar-refractivity contribution in [1.29, 1.82) is 0 Å². The zero-order chi connectivity index (χ0) is 15.9. The van der Waals surface area contributed by atoms with Crippen molar-refractivity contribution < 1.29 is 9.18 Å². The standard InChI is InChI=1S/C13H14ClFN4OS2/c1-2-5-16-12-18-19-13(22-12)21-7-11(20)17-10-4-3-8(15)6-9(10)14/h3-4,6H,2,5,7H2,1H3,(H,16,18)(H,17,20). The average molecular weight is 361 g/mol. The summed E-state index contributed by atoms with van der Waals surface area (Å²) in [5.41, 5.74) is 0.385. The van der Waals surface area contributed by atoms with Crippen LogP contribution in [-0.4, -0.2) is 28.4 Å². The fourth-order valence-corrected chi connectivity index (χ4v) is 3.27. The van der Waals surface area contributed by atoms with Crippen LogP contribution < -0.4 is 10.6 Å². The number of hydrogen-bond donors (Lipinski definition) is 2. The van der Waals surface area contributed by atoms with Crippen LogP contribution >= 0.6 is 34.7 Å². The van der Waals surface area contributed by atoms with Crippen LogP contribution in [0.3, 0.4) is 0 Å². The highest BCUT2D eigenvalue weighted by atomic mass is 35.5. The molecule has 1 aromatic heterocycles. The minimum absolute atomic E-state index is 0.167. The number of rotatable bonds is 7. The minimum Gasteiger partial charge on any atom is -0.360 e. The highest BCUT2D eigenvalue weighted by Gasteiger charge is 2.10. The minimum atomic E-state index is -0.446. The summed E-state index contributed by atoms with van der Waals surface area (Å²) in [5.74, 6) is -0.508. The van der Waals surface area contributed by atoms with Crippen molar-refractivity contribution in [3.63, 3.8) is 0 Å². The van der Waals surface area contributed by atoms with Crippen molar-refractivity contribution in [2.75, 3.05) is 22.9 Å². The third kappa shape index (κ3) is 5.11. The maximum Gasteiger partial charge on any atom is 0.234 e. The SMILES string of the molecule is CCCNc1nnc(SCC(=O)Nc2ccc(F)cc2Cl)s1. The lowest BCUT2D eigenvalue weighted by Crippen LogP contribution is -2.14. The number of nitrogens with zero attached hydrogens (tertiary/aromatic N) is 2. The Bertz CT molecular complexity index is 653. The van der Waals surface area contributed by atoms with E-state index < -0.39 is 5.82 Å². The van der Waals surface area contributed by atoms with E-state index in [1.54, 1.807) is 0 Å². The third-order valence-electron chi connectivity index (χ3n) is 2.46. The molecule has 0 atom stereocenters. The summed E-state index contributed by atoms with van der Waals surface area (Å²) < 4.78 is 13.6. The van der Waals surface area contributed by atoms with Gasteiger partial charge in [0.15, 0.2) is 4.34 Å². The van der Waals surface area contributed by atoms with Gasteiger partial charge in [-0.25, -0.2) is 4.39 Å². The second kappa shape index (κ2) is 8.30. The maximum atomic E-state index is 12.9. The van der Waals surface area contributed by atoms with Crippen molar-refractivity contribution in [3.8, 4) is 0 Å². The Hall–Kier alpha value is -1.38. The first-order valence-electron chi connectivity index (χ1n) is 6.53. The van der Waals surface area contributed by atoms with Crippen LogP contribution in [0.1, 0.15) is 13.3 Å². The molecule has 118 valence electrons. The normalized spacial score (nSPS) is 10.5. The Morgan fingerprint density at radius 1 is 1.45 bits per heavy atom. The van der Waals surface area contributed by atoms with Crippen molar-refractivity contribution in [2.24, 2.45) is 0 Å². The molecule has 22 heavy (non-hydrogen) atoms. The number of carbonyl (C=O) groups is 1. The van der Waals surface area contributed by atoms with E-state index in [2.05, 4.69) is 27.8 Å². The average Bonchev–Trinajstić information content (AvgIpc) is 2.94. The summed E-state index contributed by atoms with van der Waals surface area (Å²) in [6, 6.07) is 3.82. The van der Waals surface area contributed by atoms with Crippen molar-refractivity contribution in [3.05, 3.63) is 29.0 Å². The van der Waals surface area contributed by atoms with Gasteiger partial charge in [0, 0.05) is 6.54 Å². The topological polar surface area (TPSA) is 66.9 Å². The van der Waals surface area contributed by atoms with Gasteiger partial charge >= 0.3 is 0 Å². The maximum absolute atomic E-state index is 12.9. The van der Waals surface area contributed by atoms with Crippen LogP contribution in [0.15, 0.2) is 22.5 Å². The van der Waals surface area contributed by atoms with E-state index in [1.165, 1.54) is 35.2 Å². The Morgan fingerprint density at radius 2 is 2.27 bits per heavy atom. The molecular formula is C13H14ClFN4OS2. The molecule has 0 aliphatic heterocycles. The number of nitrogens with one attached hydrogen (secondary N) is 2. The molecule has 1 amide bonds. The summed E-state index contributed by atoms with van der Waals surface area (Å²) in [6.45, 7) is 2.90. The highest BCUT2D eigenvalue weighted by molar-refractivity contribution is 8.01. The van der Waals surface area contributed by atoms with Gasteiger partial charge in [0.05, 0.1) is 16.5 Å². The molecule has 2 aromatic rings. The van der Waals surface area contributed by atoms with Crippen LogP contribution in [0.4, 0.5) is 15.2 Å². The molecule has 0 aliphatic rings. The second-order valence-electron chi connectivity index (χ2n) is 4.26. The number of benzene rings is 1. The van der Waals surface area contributed by atoms with Crippen LogP contribution in [-0.2, 0) is 4.79 Å². The van der Waals surface area contributed by atoms with E-state index in [0.29, 0.717) is 10.0 Å². The Labute approximate surface area is 140 Å². The van der Waals surface area contributed by atoms with Gasteiger partial charge < -0.3 is 10.6 Å². The molecule has 9 heteroatoms. The molecule has 0 unspecified atom stereocenters. The molecule has 0 radical (unpaired) electrons. The Balaban J connectivity index is 1.83. The summed E-state index contributed by atoms with van der Waals surface area (Å²) in [4.78, 5) is 11.9. The molecule has 2 N–H and O–H groups in total. The molecule has 2 rings (SSSR count). The molecule has 0 spiro atoms. The first-order valence-corrected chi connectivity index (χ1v) is 8.71. The van der Waals surface area contributed by atoms with Crippen LogP contribution in [0.2, 0.25) is 5.02 Å². The number of carbonyl (C=O) groups excluding carboxylic acids is 1. The molecule has 5 nitrogen and oxygen atoms in total. The third-order valence-corrected chi connectivity index (χ3v) is 4.79. The zero-order valence-electron chi connectivity index (χ0n) is 11.7. The van der Waals surface area contributed by atoms with Crippen LogP contribution in [0.5, 0.6) is 0 Å². The lowest BCUT2D eigenvalue weighted by molar-refractivity contribution is -0.113. The van der Waals surface area contributed by atoms with Crippen molar-refractivity contribution in [2.45, 2.75) is 17.7 Å². The van der Waals surface area contributed by atoms with E-state index in [4.69, 9.17) is 11.6 Å². The van der Waals surface area contributed by atoms with Crippen LogP contribution in [0.25, 0.3) is 0 Å². The first kappa shape index (κ1) is 17.0. The number of hydrogen-bond acceptors (Lipinski definition) is 6. The van der Waals surface area contributed by atoms with E-state index in [9.17, 15) is 9.18 Å². The number of anilines is 2.